The van der Waals surface area contributed by atoms with Crippen LogP contribution in [0.5, 0.6) is 0 Å². The van der Waals surface area contributed by atoms with Crippen molar-refractivity contribution in [3.63, 3.8) is 0 Å². The van der Waals surface area contributed by atoms with Gasteiger partial charge in [0.15, 0.2) is 0 Å². The number of allylic oxidation sites excluding steroid dienone is 1. The molecule has 3 fully saturated rings. The number of carbonyl (C=O) groups is 4. The van der Waals surface area contributed by atoms with Crippen LogP contribution < -0.4 is 5.32 Å². The zero-order chi connectivity index (χ0) is 34.4. The quantitative estimate of drug-likeness (QED) is 0.207. The Morgan fingerprint density at radius 2 is 1.80 bits per heavy atom. The predicted octanol–water partition coefficient (Wildman–Crippen LogP) is 0.836. The van der Waals surface area contributed by atoms with Gasteiger partial charge in [-0.15, -0.1) is 0 Å². The van der Waals surface area contributed by atoms with Gasteiger partial charge < -0.3 is 39.2 Å². The number of likely N-dealkylation sites (tertiary alicyclic amines) is 1. The molecule has 1 aromatic rings. The number of nitrogens with zero attached hydrogens (tertiary/aromatic N) is 3. The number of hydrogen-bond donors (Lipinski definition) is 2. The van der Waals surface area contributed by atoms with Crippen molar-refractivity contribution in [1.29, 1.82) is 0 Å². The highest BCUT2D eigenvalue weighted by atomic mass is 16.6. The first kappa shape index (κ1) is 35.2. The summed E-state index contributed by atoms with van der Waals surface area (Å²) in [5.74, 6) is -3.53. The van der Waals surface area contributed by atoms with Crippen LogP contribution in [0.2, 0.25) is 0 Å². The number of aliphatic hydroxyl groups is 1. The Morgan fingerprint density at radius 3 is 2.55 bits per heavy atom. The Labute approximate surface area is 287 Å². The van der Waals surface area contributed by atoms with E-state index < -0.39 is 47.7 Å². The molecule has 3 amide bonds. The van der Waals surface area contributed by atoms with Crippen LogP contribution >= 0.6 is 0 Å². The van der Waals surface area contributed by atoms with Crippen LogP contribution in [0.1, 0.15) is 37.4 Å². The predicted molar refractivity (Wildman–Crippen MR) is 177 cm³/mol. The first-order chi connectivity index (χ1) is 23.9. The van der Waals surface area contributed by atoms with Gasteiger partial charge in [0.1, 0.15) is 23.7 Å². The van der Waals surface area contributed by atoms with Crippen molar-refractivity contribution >= 4 is 23.7 Å². The maximum absolute atomic E-state index is 14.6. The smallest absolute Gasteiger partial charge is 0.313 e. The minimum Gasteiger partial charge on any atom is -0.455 e. The van der Waals surface area contributed by atoms with Gasteiger partial charge in [0.25, 0.3) is 0 Å². The van der Waals surface area contributed by atoms with Gasteiger partial charge in [-0.25, -0.2) is 0 Å². The van der Waals surface area contributed by atoms with Crippen molar-refractivity contribution in [2.75, 3.05) is 72.8 Å². The summed E-state index contributed by atoms with van der Waals surface area (Å²) in [6.07, 6.45) is 6.96. The number of unbranched alkanes of at least 4 members (excludes halogenated alkanes) is 1. The molecule has 49 heavy (non-hydrogen) atoms. The van der Waals surface area contributed by atoms with Crippen LogP contribution in [0.3, 0.4) is 0 Å². The fraction of sp³-hybridized carbons (Fsp3) is 0.611. The van der Waals surface area contributed by atoms with Crippen LogP contribution in [0.25, 0.3) is 0 Å². The maximum atomic E-state index is 14.6. The van der Waals surface area contributed by atoms with Crippen molar-refractivity contribution in [1.82, 2.24) is 20.0 Å². The van der Waals surface area contributed by atoms with E-state index in [1.54, 1.807) is 22.0 Å². The monoisotopic (exact) mass is 680 g/mol. The summed E-state index contributed by atoms with van der Waals surface area (Å²) < 4.78 is 24.1. The number of methoxy groups -OCH3 is 1. The van der Waals surface area contributed by atoms with E-state index >= 15 is 0 Å². The van der Waals surface area contributed by atoms with E-state index in [0.29, 0.717) is 57.7 Å². The lowest BCUT2D eigenvalue weighted by Gasteiger charge is -2.36. The summed E-state index contributed by atoms with van der Waals surface area (Å²) >= 11 is 0. The average molecular weight is 681 g/mol. The van der Waals surface area contributed by atoms with Crippen molar-refractivity contribution < 1.29 is 43.2 Å². The van der Waals surface area contributed by atoms with E-state index in [-0.39, 0.29) is 43.9 Å². The second kappa shape index (κ2) is 15.9. The van der Waals surface area contributed by atoms with E-state index in [2.05, 4.69) is 10.2 Å². The van der Waals surface area contributed by atoms with Crippen LogP contribution in [0.15, 0.2) is 54.6 Å². The molecule has 0 aliphatic carbocycles. The number of fused-ring (bicyclic) bond motifs is 2. The molecule has 13 heteroatoms. The Balaban J connectivity index is 1.36. The van der Waals surface area contributed by atoms with Crippen molar-refractivity contribution in [3.8, 4) is 0 Å². The van der Waals surface area contributed by atoms with Crippen molar-refractivity contribution in [3.05, 3.63) is 60.2 Å². The number of hydrogen-bond acceptors (Lipinski definition) is 10. The summed E-state index contributed by atoms with van der Waals surface area (Å²) in [5, 5.41) is 12.5. The van der Waals surface area contributed by atoms with Crippen LogP contribution in [0.4, 0.5) is 0 Å². The number of aliphatic hydroxyl groups excluding tert-OH is 1. The number of rotatable bonds is 10. The first-order valence-corrected chi connectivity index (χ1v) is 17.4. The number of amides is 3. The molecule has 7 atom stereocenters. The SMILES string of the molecule is COC[C@H]1NC(=O)CC/C=C\[C@H]2O[C@]34C=CCN(CCN5CCOCC5)C(=O)[C@H]3N(CCCCO)C(=O)[C@@H]4[C@H]2C(=O)O[C@@H]1c1ccccc1. The normalized spacial score (nSPS) is 33.1. The molecule has 3 saturated heterocycles. The molecule has 0 bridgehead atoms. The number of cyclic esters (lactones) is 1. The van der Waals surface area contributed by atoms with E-state index in [1.807, 2.05) is 42.5 Å². The van der Waals surface area contributed by atoms with Crippen LogP contribution in [-0.2, 0) is 38.1 Å². The van der Waals surface area contributed by atoms with E-state index in [0.717, 1.165) is 13.1 Å². The molecule has 1 spiro atoms. The molecule has 6 rings (SSSR count). The molecule has 0 aromatic heterocycles. The summed E-state index contributed by atoms with van der Waals surface area (Å²) in [4.78, 5) is 62.2. The number of benzene rings is 1. The number of morpholine rings is 1. The lowest BCUT2D eigenvalue weighted by Crippen LogP contribution is -2.56. The highest BCUT2D eigenvalue weighted by molar-refractivity contribution is 5.99. The first-order valence-electron chi connectivity index (χ1n) is 17.4. The Morgan fingerprint density at radius 1 is 1.00 bits per heavy atom. The Bertz CT molecular complexity index is 1400. The van der Waals surface area contributed by atoms with E-state index in [4.69, 9.17) is 18.9 Å². The Kier molecular flexibility index (Phi) is 11.5. The molecule has 2 N–H and O–H groups in total. The maximum Gasteiger partial charge on any atom is 0.313 e. The summed E-state index contributed by atoms with van der Waals surface area (Å²) in [5.41, 5.74) is -0.750. The molecule has 0 unspecified atom stereocenters. The average Bonchev–Trinajstić information content (AvgIpc) is 3.49. The van der Waals surface area contributed by atoms with Crippen LogP contribution in [0, 0.1) is 11.8 Å². The third-order valence-corrected chi connectivity index (χ3v) is 10.2. The lowest BCUT2D eigenvalue weighted by atomic mass is 9.77. The topological polar surface area (TPSA) is 147 Å². The molecule has 5 aliphatic heterocycles. The third kappa shape index (κ3) is 7.32. The molecule has 1 aromatic carbocycles. The van der Waals surface area contributed by atoms with Gasteiger partial charge in [-0.2, -0.15) is 0 Å². The highest BCUT2D eigenvalue weighted by Gasteiger charge is 2.71. The van der Waals surface area contributed by atoms with Gasteiger partial charge in [-0.05, 0) is 24.8 Å². The lowest BCUT2D eigenvalue weighted by molar-refractivity contribution is -0.162. The largest absolute Gasteiger partial charge is 0.455 e. The number of esters is 1. The van der Waals surface area contributed by atoms with Gasteiger partial charge in [0, 0.05) is 59.4 Å². The molecule has 5 aliphatic rings. The highest BCUT2D eigenvalue weighted by Crippen LogP contribution is 2.53. The Hall–Kier alpha value is -3.62. The fourth-order valence-corrected chi connectivity index (χ4v) is 7.86. The van der Waals surface area contributed by atoms with Gasteiger partial charge in [0.2, 0.25) is 17.7 Å². The molecular formula is C36H48N4O9. The standard InChI is InChI=1S/C36H48N4O9/c1-46-24-26-31(25-10-3-2-4-11-25)48-35(45)29-27(12-5-6-13-28(42)37-26)49-36-14-9-15-39(18-17-38-19-22-47-23-20-38)34(44)32(36)40(16-7-8-21-41)33(43)30(29)36/h2-5,9-12,14,26-27,29-32,41H,6-8,13,15-24H2,1H3,(H,37,42)/b12-5-/t26-,27-,29+,30+,31-,32-,36+/m1/s1. The van der Waals surface area contributed by atoms with Gasteiger partial charge >= 0.3 is 5.97 Å². The summed E-state index contributed by atoms with van der Waals surface area (Å²) in [7, 11) is 1.52. The summed E-state index contributed by atoms with van der Waals surface area (Å²) in [6.45, 7) is 4.63. The van der Waals surface area contributed by atoms with Gasteiger partial charge in [0.05, 0.1) is 37.9 Å². The van der Waals surface area contributed by atoms with Gasteiger partial charge in [-0.1, -0.05) is 54.6 Å². The molecule has 266 valence electrons. The molecule has 5 heterocycles. The third-order valence-electron chi connectivity index (χ3n) is 10.2. The number of carbonyl (C=O) groups excluding carboxylic acids is 4. The second-order valence-corrected chi connectivity index (χ2v) is 13.3. The minimum atomic E-state index is -1.41. The summed E-state index contributed by atoms with van der Waals surface area (Å²) in [6, 6.07) is 7.46. The molecule has 0 radical (unpaired) electrons. The van der Waals surface area contributed by atoms with Crippen molar-refractivity contribution in [2.45, 2.75) is 55.6 Å². The second-order valence-electron chi connectivity index (χ2n) is 13.3. The van der Waals surface area contributed by atoms with Gasteiger partial charge in [-0.3, -0.25) is 24.1 Å². The van der Waals surface area contributed by atoms with Crippen molar-refractivity contribution in [2.24, 2.45) is 11.8 Å². The number of ether oxygens (including phenoxy) is 4. The molecule has 13 nitrogen and oxygen atoms in total. The minimum absolute atomic E-state index is 0.0425. The zero-order valence-electron chi connectivity index (χ0n) is 28.1. The molecule has 0 saturated carbocycles. The number of nitrogens with one attached hydrogen (secondary N) is 1. The van der Waals surface area contributed by atoms with Crippen LogP contribution in [-0.4, -0.2) is 140 Å². The zero-order valence-corrected chi connectivity index (χ0v) is 28.1. The molecular weight excluding hydrogens is 632 g/mol. The fourth-order valence-electron chi connectivity index (χ4n) is 7.86. The van der Waals surface area contributed by atoms with E-state index in [1.165, 1.54) is 7.11 Å². The van der Waals surface area contributed by atoms with E-state index in [9.17, 15) is 24.3 Å².